The molecule has 0 aromatic carbocycles. The Hall–Kier alpha value is -1.06. The molecular weight excluding hydrogens is 592 g/mol. The van der Waals surface area contributed by atoms with Crippen LogP contribution in [0.2, 0.25) is 0 Å². The molecule has 0 spiro atoms. The molecule has 0 amide bonds. The maximum Gasteiger partial charge on any atom is 0.311 e. The van der Waals surface area contributed by atoms with Crippen LogP contribution < -0.4 is 0 Å². The van der Waals surface area contributed by atoms with E-state index in [-0.39, 0.29) is 47.7 Å². The molecule has 290 valence electrons. The summed E-state index contributed by atoms with van der Waals surface area (Å²) in [6, 6.07) is 0. The summed E-state index contributed by atoms with van der Waals surface area (Å²) in [6.07, 6.45) is 29.4. The quantitative estimate of drug-likeness (QED) is 0.0673. The van der Waals surface area contributed by atoms with Gasteiger partial charge in [-0.05, 0) is 77.0 Å². The Morgan fingerprint density at radius 2 is 1.08 bits per heavy atom. The van der Waals surface area contributed by atoms with Crippen molar-refractivity contribution in [3.63, 3.8) is 0 Å². The third-order valence-corrected chi connectivity index (χ3v) is 11.9. The minimum atomic E-state index is -0.484. The molecule has 4 unspecified atom stereocenters. The second-order valence-electron chi connectivity index (χ2n) is 16.3. The van der Waals surface area contributed by atoms with Crippen LogP contribution in [0.1, 0.15) is 232 Å². The summed E-state index contributed by atoms with van der Waals surface area (Å²) in [5.74, 6) is 1.13. The normalized spacial score (nSPS) is 20.4. The molecule has 0 aromatic rings. The summed E-state index contributed by atoms with van der Waals surface area (Å²) >= 11 is 0. The minimum Gasteiger partial charge on any atom is -0.465 e. The summed E-state index contributed by atoms with van der Waals surface area (Å²) in [7, 11) is 0. The standard InChI is InChI=1S/C40H74O4.4CH4/c1-8-10-11-12-13-14-15-16-17-18-19-20-21-22-23-26-31-43-37(42)40(7,9-2)30-25-24-29-38(3,4)36(41)44-35-32-33-27-28-34(35)39(33,5)6;;;;/h33-35H,8-32H2,1-7H3;4*1H4. The lowest BCUT2D eigenvalue weighted by molar-refractivity contribution is -0.163. The lowest BCUT2D eigenvalue weighted by Gasteiger charge is -2.30. The van der Waals surface area contributed by atoms with E-state index >= 15 is 0 Å². The van der Waals surface area contributed by atoms with E-state index in [1.54, 1.807) is 0 Å². The second kappa shape index (κ2) is 26.7. The first kappa shape index (κ1) is 51.3. The lowest BCUT2D eigenvalue weighted by atomic mass is 9.80. The molecule has 0 heterocycles. The first-order chi connectivity index (χ1) is 21.0. The van der Waals surface area contributed by atoms with E-state index < -0.39 is 10.8 Å². The number of hydrogen-bond donors (Lipinski definition) is 0. The third kappa shape index (κ3) is 17.2. The first-order valence-corrected chi connectivity index (χ1v) is 19.4. The minimum absolute atomic E-state index is 0. The Bertz CT molecular complexity index is 802. The average molecular weight is 683 g/mol. The van der Waals surface area contributed by atoms with Crippen LogP contribution in [0.3, 0.4) is 0 Å². The van der Waals surface area contributed by atoms with Gasteiger partial charge in [0, 0.05) is 5.92 Å². The number of hydrogen-bond acceptors (Lipinski definition) is 4. The van der Waals surface area contributed by atoms with Crippen LogP contribution in [0.15, 0.2) is 0 Å². The molecule has 0 saturated heterocycles. The van der Waals surface area contributed by atoms with E-state index in [1.807, 2.05) is 13.8 Å². The van der Waals surface area contributed by atoms with Crippen molar-refractivity contribution in [2.45, 2.75) is 238 Å². The van der Waals surface area contributed by atoms with E-state index in [0.717, 1.165) is 51.4 Å². The zero-order valence-corrected chi connectivity index (χ0v) is 30.5. The largest absolute Gasteiger partial charge is 0.465 e. The molecule has 0 radical (unpaired) electrons. The van der Waals surface area contributed by atoms with Gasteiger partial charge in [-0.3, -0.25) is 9.59 Å². The van der Waals surface area contributed by atoms with Crippen LogP contribution in [-0.2, 0) is 19.1 Å². The molecule has 0 aromatic heterocycles. The SMILES string of the molecule is C.C.C.C.CCCCCCCCCCCCCCCCCCOC(=O)C(C)(CC)CCCCC(C)(C)C(=O)OC1CC2CCC1C2(C)C. The topological polar surface area (TPSA) is 52.6 Å². The van der Waals surface area contributed by atoms with Crippen molar-refractivity contribution in [3.8, 4) is 0 Å². The van der Waals surface area contributed by atoms with Gasteiger partial charge in [0.1, 0.15) is 6.10 Å². The van der Waals surface area contributed by atoms with Crippen molar-refractivity contribution < 1.29 is 19.1 Å². The van der Waals surface area contributed by atoms with Crippen LogP contribution in [-0.4, -0.2) is 24.6 Å². The molecule has 2 saturated carbocycles. The average Bonchev–Trinajstić information content (AvgIpc) is 3.41. The Labute approximate surface area is 303 Å². The molecule has 4 nitrogen and oxygen atoms in total. The number of carbonyl (C=O) groups excluding carboxylic acids is 2. The van der Waals surface area contributed by atoms with Gasteiger partial charge < -0.3 is 9.47 Å². The number of fused-ring (bicyclic) bond motifs is 2. The van der Waals surface area contributed by atoms with Gasteiger partial charge in [-0.2, -0.15) is 0 Å². The van der Waals surface area contributed by atoms with Gasteiger partial charge >= 0.3 is 11.9 Å². The van der Waals surface area contributed by atoms with Crippen molar-refractivity contribution in [1.29, 1.82) is 0 Å². The molecule has 2 rings (SSSR count). The van der Waals surface area contributed by atoms with Crippen molar-refractivity contribution in [1.82, 2.24) is 0 Å². The van der Waals surface area contributed by atoms with Crippen LogP contribution >= 0.6 is 0 Å². The van der Waals surface area contributed by atoms with Crippen LogP contribution in [0.4, 0.5) is 0 Å². The van der Waals surface area contributed by atoms with Crippen LogP contribution in [0.25, 0.3) is 0 Å². The summed E-state index contributed by atoms with van der Waals surface area (Å²) in [5.41, 5.74) is -0.614. The number of carbonyl (C=O) groups is 2. The number of unbranched alkanes of at least 4 members (excludes halogenated alkanes) is 16. The predicted molar refractivity (Wildman–Crippen MR) is 213 cm³/mol. The zero-order chi connectivity index (χ0) is 32.5. The second-order valence-corrected chi connectivity index (χ2v) is 16.3. The van der Waals surface area contributed by atoms with Gasteiger partial charge in [-0.15, -0.1) is 0 Å². The highest BCUT2D eigenvalue weighted by Crippen LogP contribution is 2.58. The fourth-order valence-corrected chi connectivity index (χ4v) is 7.98. The van der Waals surface area contributed by atoms with Gasteiger partial charge in [-0.25, -0.2) is 0 Å². The molecule has 2 aliphatic rings. The van der Waals surface area contributed by atoms with Crippen molar-refractivity contribution >= 4 is 11.9 Å². The van der Waals surface area contributed by atoms with E-state index in [2.05, 4.69) is 34.6 Å². The lowest BCUT2D eigenvalue weighted by Crippen LogP contribution is -2.34. The molecule has 2 bridgehead atoms. The summed E-state index contributed by atoms with van der Waals surface area (Å²) in [5, 5.41) is 0. The Balaban J connectivity index is -0.00000506. The molecule has 48 heavy (non-hydrogen) atoms. The fraction of sp³-hybridized carbons (Fsp3) is 0.955. The van der Waals surface area contributed by atoms with Gasteiger partial charge in [-0.1, -0.05) is 167 Å². The molecule has 0 N–H and O–H groups in total. The monoisotopic (exact) mass is 683 g/mol. The Morgan fingerprint density at radius 3 is 1.50 bits per heavy atom. The predicted octanol–water partition coefficient (Wildman–Crippen LogP) is 14.7. The molecule has 2 fully saturated rings. The third-order valence-electron chi connectivity index (χ3n) is 11.9. The van der Waals surface area contributed by atoms with E-state index in [4.69, 9.17) is 9.47 Å². The summed E-state index contributed by atoms with van der Waals surface area (Å²) in [6.45, 7) is 15.7. The Morgan fingerprint density at radius 1 is 0.625 bits per heavy atom. The highest BCUT2D eigenvalue weighted by Gasteiger charge is 2.55. The van der Waals surface area contributed by atoms with Gasteiger partial charge in [0.05, 0.1) is 17.4 Å². The van der Waals surface area contributed by atoms with E-state index in [0.29, 0.717) is 23.9 Å². The van der Waals surface area contributed by atoms with Crippen LogP contribution in [0.5, 0.6) is 0 Å². The van der Waals surface area contributed by atoms with Gasteiger partial charge in [0.15, 0.2) is 0 Å². The van der Waals surface area contributed by atoms with Crippen LogP contribution in [0, 0.1) is 28.1 Å². The van der Waals surface area contributed by atoms with Crippen molar-refractivity contribution in [2.24, 2.45) is 28.1 Å². The maximum absolute atomic E-state index is 13.1. The van der Waals surface area contributed by atoms with Gasteiger partial charge in [0.25, 0.3) is 0 Å². The zero-order valence-electron chi connectivity index (χ0n) is 30.5. The van der Waals surface area contributed by atoms with E-state index in [9.17, 15) is 9.59 Å². The molecule has 4 atom stereocenters. The molecular formula is C44H90O4. The van der Waals surface area contributed by atoms with Gasteiger partial charge in [0.2, 0.25) is 0 Å². The smallest absolute Gasteiger partial charge is 0.311 e. The van der Waals surface area contributed by atoms with Crippen molar-refractivity contribution in [2.75, 3.05) is 6.61 Å². The summed E-state index contributed by atoms with van der Waals surface area (Å²) in [4.78, 5) is 26.1. The molecule has 0 aliphatic heterocycles. The molecule has 4 heteroatoms. The van der Waals surface area contributed by atoms with E-state index in [1.165, 1.54) is 103 Å². The highest BCUT2D eigenvalue weighted by molar-refractivity contribution is 5.76. The van der Waals surface area contributed by atoms with Crippen molar-refractivity contribution in [3.05, 3.63) is 0 Å². The highest BCUT2D eigenvalue weighted by atomic mass is 16.5. The number of esters is 2. The maximum atomic E-state index is 13.1. The molecule has 2 aliphatic carbocycles. The first-order valence-electron chi connectivity index (χ1n) is 19.4. The number of rotatable bonds is 26. The number of ether oxygens (including phenoxy) is 2. The fourth-order valence-electron chi connectivity index (χ4n) is 7.98. The summed E-state index contributed by atoms with van der Waals surface area (Å²) < 4.78 is 11.9. The Kier molecular flexibility index (Phi) is 28.5.